The number of hydrogen-bond acceptors (Lipinski definition) is 2. The first-order chi connectivity index (χ1) is 13.2. The lowest BCUT2D eigenvalue weighted by molar-refractivity contribution is -0.660. The molecule has 0 saturated carbocycles. The Morgan fingerprint density at radius 1 is 1.00 bits per heavy atom. The fraction of sp³-hybridized carbons (Fsp3) is 0.167. The van der Waals surface area contributed by atoms with Gasteiger partial charge in [-0.05, 0) is 37.1 Å². The quantitative estimate of drug-likeness (QED) is 0.392. The first-order valence-corrected chi connectivity index (χ1v) is 9.36. The van der Waals surface area contributed by atoms with E-state index in [1.54, 1.807) is 0 Å². The average Bonchev–Trinajstić information content (AvgIpc) is 3.04. The Bertz CT molecular complexity index is 1330. The molecule has 0 aliphatic heterocycles. The summed E-state index contributed by atoms with van der Waals surface area (Å²) in [5.41, 5.74) is 7.38. The number of para-hydroxylation sites is 1. The summed E-state index contributed by atoms with van der Waals surface area (Å²) < 4.78 is 8.51. The lowest BCUT2D eigenvalue weighted by atomic mass is 10.00. The van der Waals surface area contributed by atoms with Crippen molar-refractivity contribution in [2.45, 2.75) is 20.3 Å². The fourth-order valence-corrected chi connectivity index (χ4v) is 3.92. The molecule has 27 heavy (non-hydrogen) atoms. The Labute approximate surface area is 157 Å². The Morgan fingerprint density at radius 3 is 2.67 bits per heavy atom. The van der Waals surface area contributed by atoms with Gasteiger partial charge in [-0.1, -0.05) is 37.3 Å². The van der Waals surface area contributed by atoms with E-state index in [9.17, 15) is 0 Å². The number of rotatable bonds is 2. The molecule has 0 atom stereocenters. The van der Waals surface area contributed by atoms with Crippen molar-refractivity contribution in [2.24, 2.45) is 7.05 Å². The van der Waals surface area contributed by atoms with Crippen LogP contribution in [-0.2, 0) is 13.5 Å². The minimum absolute atomic E-state index is 0.698. The van der Waals surface area contributed by atoms with Crippen molar-refractivity contribution in [3.8, 4) is 11.3 Å². The van der Waals surface area contributed by atoms with Crippen LogP contribution in [0.4, 0.5) is 0 Å². The number of furan rings is 1. The molecule has 5 aromatic rings. The molecule has 0 unspecified atom stereocenters. The summed E-state index contributed by atoms with van der Waals surface area (Å²) in [7, 11) is 2.10. The van der Waals surface area contributed by atoms with Crippen LogP contribution in [0.1, 0.15) is 18.1 Å². The highest BCUT2D eigenvalue weighted by atomic mass is 16.3. The molecule has 0 fully saturated rings. The molecule has 3 heterocycles. The van der Waals surface area contributed by atoms with E-state index in [4.69, 9.17) is 9.40 Å². The predicted molar refractivity (Wildman–Crippen MR) is 110 cm³/mol. The predicted octanol–water partition coefficient (Wildman–Crippen LogP) is 5.50. The monoisotopic (exact) mass is 353 g/mol. The van der Waals surface area contributed by atoms with E-state index in [0.29, 0.717) is 5.71 Å². The zero-order valence-corrected chi connectivity index (χ0v) is 15.8. The average molecular weight is 353 g/mol. The number of aromatic nitrogens is 2. The highest BCUT2D eigenvalue weighted by molar-refractivity contribution is 6.11. The lowest BCUT2D eigenvalue weighted by Crippen LogP contribution is -2.31. The Kier molecular flexibility index (Phi) is 3.51. The van der Waals surface area contributed by atoms with E-state index >= 15 is 0 Å². The fourth-order valence-electron chi connectivity index (χ4n) is 3.92. The second-order valence-corrected chi connectivity index (χ2v) is 7.16. The van der Waals surface area contributed by atoms with Crippen LogP contribution in [0.25, 0.3) is 44.2 Å². The van der Waals surface area contributed by atoms with E-state index in [2.05, 4.69) is 68.1 Å². The van der Waals surface area contributed by atoms with Crippen molar-refractivity contribution in [1.29, 1.82) is 0 Å². The SMILES string of the molecule is CCc1ccc(-c2c(C)ccc3c2oc2nc4ccccc4cc23)[n+](C)c1. The summed E-state index contributed by atoms with van der Waals surface area (Å²) in [6, 6.07) is 19.1. The maximum Gasteiger partial charge on any atom is 0.227 e. The molecule has 0 bridgehead atoms. The molecule has 0 aliphatic carbocycles. The van der Waals surface area contributed by atoms with Gasteiger partial charge in [0.05, 0.1) is 11.1 Å². The third-order valence-corrected chi connectivity index (χ3v) is 5.40. The van der Waals surface area contributed by atoms with Gasteiger partial charge >= 0.3 is 0 Å². The van der Waals surface area contributed by atoms with Crippen molar-refractivity contribution >= 4 is 33.0 Å². The zero-order chi connectivity index (χ0) is 18.5. The topological polar surface area (TPSA) is 29.9 Å². The molecular weight excluding hydrogens is 332 g/mol. The number of hydrogen-bond donors (Lipinski definition) is 0. The highest BCUT2D eigenvalue weighted by Crippen LogP contribution is 2.37. The zero-order valence-electron chi connectivity index (χ0n) is 15.8. The van der Waals surface area contributed by atoms with Crippen LogP contribution in [0.2, 0.25) is 0 Å². The van der Waals surface area contributed by atoms with Crippen LogP contribution < -0.4 is 4.57 Å². The van der Waals surface area contributed by atoms with Gasteiger partial charge in [0.25, 0.3) is 0 Å². The van der Waals surface area contributed by atoms with Crippen molar-refractivity contribution in [1.82, 2.24) is 4.98 Å². The minimum atomic E-state index is 0.698. The van der Waals surface area contributed by atoms with Gasteiger partial charge in [0.2, 0.25) is 11.4 Å². The van der Waals surface area contributed by atoms with Gasteiger partial charge in [-0.3, -0.25) is 0 Å². The van der Waals surface area contributed by atoms with E-state index < -0.39 is 0 Å². The molecule has 132 valence electrons. The highest BCUT2D eigenvalue weighted by Gasteiger charge is 2.21. The third kappa shape index (κ3) is 2.42. The number of fused-ring (bicyclic) bond motifs is 4. The van der Waals surface area contributed by atoms with Gasteiger partial charge in [-0.25, -0.2) is 9.55 Å². The second-order valence-electron chi connectivity index (χ2n) is 7.16. The number of pyridine rings is 2. The molecule has 0 N–H and O–H groups in total. The van der Waals surface area contributed by atoms with Gasteiger partial charge in [0.15, 0.2) is 11.8 Å². The van der Waals surface area contributed by atoms with Gasteiger partial charge < -0.3 is 4.42 Å². The largest absolute Gasteiger partial charge is 0.437 e. The number of benzene rings is 2. The number of nitrogens with zero attached hydrogens (tertiary/aromatic N) is 2. The standard InChI is InChI=1S/C24H21N2O/c1-4-16-10-12-21(26(3)14-16)22-15(2)9-11-18-19-13-17-7-5-6-8-20(17)25-24(19)27-23(18)22/h5-14H,4H2,1-3H3/q+1. The molecule has 0 radical (unpaired) electrons. The maximum atomic E-state index is 6.31. The van der Waals surface area contributed by atoms with Crippen LogP contribution >= 0.6 is 0 Å². The van der Waals surface area contributed by atoms with Crippen LogP contribution in [0.15, 0.2) is 65.2 Å². The Hall–Kier alpha value is -3.20. The third-order valence-electron chi connectivity index (χ3n) is 5.40. The molecule has 3 nitrogen and oxygen atoms in total. The van der Waals surface area contributed by atoms with Gasteiger partial charge in [-0.15, -0.1) is 0 Å². The molecule has 3 heteroatoms. The van der Waals surface area contributed by atoms with Crippen molar-refractivity contribution < 1.29 is 8.98 Å². The summed E-state index contributed by atoms with van der Waals surface area (Å²) in [5, 5.41) is 3.31. The minimum Gasteiger partial charge on any atom is -0.437 e. The normalized spacial score (nSPS) is 11.7. The Balaban J connectivity index is 1.87. The van der Waals surface area contributed by atoms with Crippen LogP contribution in [0.5, 0.6) is 0 Å². The smallest absolute Gasteiger partial charge is 0.227 e. The summed E-state index contributed by atoms with van der Waals surface area (Å²) in [5.74, 6) is 0. The molecule has 2 aromatic carbocycles. The molecule has 0 aliphatic rings. The van der Waals surface area contributed by atoms with Crippen molar-refractivity contribution in [2.75, 3.05) is 0 Å². The molecule has 3 aromatic heterocycles. The first kappa shape index (κ1) is 16.0. The van der Waals surface area contributed by atoms with Crippen molar-refractivity contribution in [3.63, 3.8) is 0 Å². The van der Waals surface area contributed by atoms with E-state index in [1.807, 2.05) is 18.2 Å². The maximum absolute atomic E-state index is 6.31. The summed E-state index contributed by atoms with van der Waals surface area (Å²) >= 11 is 0. The molecule has 0 amide bonds. The van der Waals surface area contributed by atoms with E-state index in [0.717, 1.165) is 44.9 Å². The second kappa shape index (κ2) is 5.92. The van der Waals surface area contributed by atoms with Crippen molar-refractivity contribution in [3.05, 3.63) is 71.9 Å². The van der Waals surface area contributed by atoms with E-state index in [1.165, 1.54) is 11.1 Å². The van der Waals surface area contributed by atoms with Gasteiger partial charge in [0, 0.05) is 27.8 Å². The summed E-state index contributed by atoms with van der Waals surface area (Å²) in [6.45, 7) is 4.32. The number of aryl methyl sites for hydroxylation is 3. The van der Waals surface area contributed by atoms with Gasteiger partial charge in [0.1, 0.15) is 7.05 Å². The molecule has 0 saturated heterocycles. The van der Waals surface area contributed by atoms with Crippen LogP contribution in [-0.4, -0.2) is 4.98 Å². The molecule has 0 spiro atoms. The summed E-state index contributed by atoms with van der Waals surface area (Å²) in [4.78, 5) is 4.76. The lowest BCUT2D eigenvalue weighted by Gasteiger charge is -2.06. The Morgan fingerprint density at radius 2 is 1.85 bits per heavy atom. The van der Waals surface area contributed by atoms with Gasteiger partial charge in [-0.2, -0.15) is 0 Å². The van der Waals surface area contributed by atoms with E-state index in [-0.39, 0.29) is 0 Å². The molecular formula is C24H21N2O+. The molecule has 5 rings (SSSR count). The first-order valence-electron chi connectivity index (χ1n) is 9.36. The van der Waals surface area contributed by atoms with Crippen LogP contribution in [0.3, 0.4) is 0 Å². The van der Waals surface area contributed by atoms with Crippen LogP contribution in [0, 0.1) is 6.92 Å². The summed E-state index contributed by atoms with van der Waals surface area (Å²) in [6.07, 6.45) is 3.22.